The van der Waals surface area contributed by atoms with Crippen molar-refractivity contribution in [1.29, 1.82) is 0 Å². The van der Waals surface area contributed by atoms with E-state index in [0.717, 1.165) is 10.7 Å². The van der Waals surface area contributed by atoms with Crippen LogP contribution in [0.2, 0.25) is 0 Å². The topological polar surface area (TPSA) is 77.6 Å². The third-order valence-corrected chi connectivity index (χ3v) is 2.84. The second-order valence-electron chi connectivity index (χ2n) is 4.32. The molecule has 0 radical (unpaired) electrons. The Kier molecular flexibility index (Phi) is 3.77. The van der Waals surface area contributed by atoms with E-state index >= 15 is 0 Å². The molecule has 0 aliphatic heterocycles. The Bertz CT molecular complexity index is 620. The van der Waals surface area contributed by atoms with Gasteiger partial charge in [0.2, 0.25) is 0 Å². The number of aryl methyl sites for hydroxylation is 2. The third kappa shape index (κ3) is 2.65. The van der Waals surface area contributed by atoms with E-state index in [0.29, 0.717) is 5.82 Å². The van der Waals surface area contributed by atoms with Gasteiger partial charge in [0.1, 0.15) is 23.5 Å². The maximum absolute atomic E-state index is 12.5. The lowest BCUT2D eigenvalue weighted by molar-refractivity contribution is 0.0928. The minimum atomic E-state index is -2.71. The van der Waals surface area contributed by atoms with E-state index in [4.69, 9.17) is 0 Å². The molecule has 2 aromatic heterocycles. The van der Waals surface area contributed by atoms with Gasteiger partial charge in [-0.15, -0.1) is 0 Å². The van der Waals surface area contributed by atoms with Gasteiger partial charge in [0.25, 0.3) is 12.3 Å². The van der Waals surface area contributed by atoms with E-state index in [9.17, 15) is 13.6 Å². The number of nitrogens with zero attached hydrogens (tertiary/aromatic N) is 5. The normalized spacial score (nSPS) is 12.7. The predicted molar refractivity (Wildman–Crippen MR) is 65.0 cm³/mol. The molecule has 0 saturated heterocycles. The highest BCUT2D eigenvalue weighted by Crippen LogP contribution is 2.18. The zero-order chi connectivity index (χ0) is 14.9. The Labute approximate surface area is 113 Å². The highest BCUT2D eigenvalue weighted by atomic mass is 19.3. The van der Waals surface area contributed by atoms with E-state index in [1.165, 1.54) is 18.1 Å². The number of rotatable bonds is 4. The number of carbonyl (C=O) groups is 1. The summed E-state index contributed by atoms with van der Waals surface area (Å²) in [6.45, 7) is 1.73. The number of amides is 1. The van der Waals surface area contributed by atoms with Crippen LogP contribution < -0.4 is 5.32 Å². The fraction of sp³-hybridized carbons (Fsp3) is 0.455. The number of hydrogen-bond donors (Lipinski definition) is 1. The van der Waals surface area contributed by atoms with Gasteiger partial charge < -0.3 is 5.32 Å². The molecule has 2 aromatic rings. The van der Waals surface area contributed by atoms with E-state index in [1.807, 2.05) is 0 Å². The predicted octanol–water partition coefficient (Wildman–Crippen LogP) is 0.977. The van der Waals surface area contributed by atoms with Crippen molar-refractivity contribution >= 4 is 5.91 Å². The Morgan fingerprint density at radius 2 is 2.05 bits per heavy atom. The molecule has 108 valence electrons. The van der Waals surface area contributed by atoms with Crippen LogP contribution in [-0.2, 0) is 14.1 Å². The molecule has 7 nitrogen and oxygen atoms in total. The summed E-state index contributed by atoms with van der Waals surface area (Å²) >= 11 is 0. The van der Waals surface area contributed by atoms with Gasteiger partial charge in [0.05, 0.1) is 6.04 Å². The molecule has 0 aliphatic rings. The van der Waals surface area contributed by atoms with Crippen LogP contribution in [0.1, 0.15) is 41.4 Å². The van der Waals surface area contributed by atoms with Gasteiger partial charge in [0.15, 0.2) is 0 Å². The maximum Gasteiger partial charge on any atom is 0.282 e. The van der Waals surface area contributed by atoms with Gasteiger partial charge in [-0.05, 0) is 13.0 Å². The van der Waals surface area contributed by atoms with Crippen LogP contribution in [-0.4, -0.2) is 30.5 Å². The van der Waals surface area contributed by atoms with Crippen LogP contribution >= 0.6 is 0 Å². The lowest BCUT2D eigenvalue weighted by Crippen LogP contribution is -2.30. The molecule has 2 heterocycles. The molecule has 1 N–H and O–H groups in total. The molecule has 0 bridgehead atoms. The quantitative estimate of drug-likeness (QED) is 0.907. The Balaban J connectivity index is 2.14. The van der Waals surface area contributed by atoms with Crippen LogP contribution in [0, 0.1) is 0 Å². The molecule has 0 spiro atoms. The number of hydrogen-bond acceptors (Lipinski definition) is 4. The number of carbonyl (C=O) groups excluding carboxylic acids is 1. The SMILES string of the molecule is CC(NC(=O)c1cc(C(F)F)nn1C)c1ncnn1C. The second kappa shape index (κ2) is 5.35. The van der Waals surface area contributed by atoms with E-state index in [2.05, 4.69) is 20.5 Å². The van der Waals surface area contributed by atoms with E-state index in [-0.39, 0.29) is 5.69 Å². The van der Waals surface area contributed by atoms with Gasteiger partial charge in [-0.25, -0.2) is 13.8 Å². The van der Waals surface area contributed by atoms with Crippen LogP contribution in [0.25, 0.3) is 0 Å². The van der Waals surface area contributed by atoms with Crippen molar-refractivity contribution in [1.82, 2.24) is 29.9 Å². The fourth-order valence-electron chi connectivity index (χ4n) is 1.84. The maximum atomic E-state index is 12.5. The van der Waals surface area contributed by atoms with Gasteiger partial charge in [-0.3, -0.25) is 14.2 Å². The highest BCUT2D eigenvalue weighted by Gasteiger charge is 2.21. The standard InChI is InChI=1S/C11H14F2N6O/c1-6(10-14-5-15-19(10)3)16-11(20)8-4-7(9(12)13)17-18(8)2/h4-6,9H,1-3H3,(H,16,20). The summed E-state index contributed by atoms with van der Waals surface area (Å²) < 4.78 is 27.7. The summed E-state index contributed by atoms with van der Waals surface area (Å²) in [5, 5.41) is 10.2. The lowest BCUT2D eigenvalue weighted by atomic mass is 10.2. The largest absolute Gasteiger partial charge is 0.341 e. The molecule has 2 rings (SSSR count). The fourth-order valence-corrected chi connectivity index (χ4v) is 1.84. The molecule has 20 heavy (non-hydrogen) atoms. The van der Waals surface area contributed by atoms with E-state index < -0.39 is 24.1 Å². The summed E-state index contributed by atoms with van der Waals surface area (Å²) in [5.74, 6) is 0.0667. The first-order chi connectivity index (χ1) is 9.40. The van der Waals surface area contributed by atoms with Gasteiger partial charge in [-0.2, -0.15) is 10.2 Å². The van der Waals surface area contributed by atoms with Crippen LogP contribution in [0.4, 0.5) is 8.78 Å². The van der Waals surface area contributed by atoms with Crippen LogP contribution in [0.3, 0.4) is 0 Å². The molecule has 0 saturated carbocycles. The van der Waals surface area contributed by atoms with Crippen molar-refractivity contribution in [3.63, 3.8) is 0 Å². The highest BCUT2D eigenvalue weighted by molar-refractivity contribution is 5.92. The Morgan fingerprint density at radius 1 is 1.35 bits per heavy atom. The first-order valence-corrected chi connectivity index (χ1v) is 5.87. The van der Waals surface area contributed by atoms with E-state index in [1.54, 1.807) is 14.0 Å². The van der Waals surface area contributed by atoms with Gasteiger partial charge in [-0.1, -0.05) is 0 Å². The number of nitrogens with one attached hydrogen (secondary N) is 1. The average Bonchev–Trinajstić information content (AvgIpc) is 2.95. The van der Waals surface area contributed by atoms with Crippen molar-refractivity contribution in [3.8, 4) is 0 Å². The smallest absolute Gasteiger partial charge is 0.282 e. The summed E-state index contributed by atoms with van der Waals surface area (Å²) in [6, 6.07) is 0.670. The lowest BCUT2D eigenvalue weighted by Gasteiger charge is -2.12. The van der Waals surface area contributed by atoms with Crippen molar-refractivity contribution in [3.05, 3.63) is 29.6 Å². The van der Waals surface area contributed by atoms with Crippen molar-refractivity contribution in [2.75, 3.05) is 0 Å². The molecule has 9 heteroatoms. The minimum Gasteiger partial charge on any atom is -0.341 e. The summed E-state index contributed by atoms with van der Waals surface area (Å²) in [4.78, 5) is 16.1. The van der Waals surface area contributed by atoms with Crippen LogP contribution in [0.15, 0.2) is 12.4 Å². The first kappa shape index (κ1) is 14.1. The Hall–Kier alpha value is -2.32. The molecule has 0 aliphatic carbocycles. The van der Waals surface area contributed by atoms with Crippen LogP contribution in [0.5, 0.6) is 0 Å². The number of halogens is 2. The molecular weight excluding hydrogens is 270 g/mol. The van der Waals surface area contributed by atoms with Crippen molar-refractivity contribution in [2.24, 2.45) is 14.1 Å². The average molecular weight is 284 g/mol. The number of aromatic nitrogens is 5. The zero-order valence-corrected chi connectivity index (χ0v) is 11.2. The zero-order valence-electron chi connectivity index (χ0n) is 11.2. The first-order valence-electron chi connectivity index (χ1n) is 5.87. The molecule has 1 unspecified atom stereocenters. The van der Waals surface area contributed by atoms with Gasteiger partial charge >= 0.3 is 0 Å². The number of alkyl halides is 2. The summed E-state index contributed by atoms with van der Waals surface area (Å²) in [6.07, 6.45) is -1.34. The van der Waals surface area contributed by atoms with Crippen molar-refractivity contribution in [2.45, 2.75) is 19.4 Å². The monoisotopic (exact) mass is 284 g/mol. The second-order valence-corrected chi connectivity index (χ2v) is 4.32. The summed E-state index contributed by atoms with van der Waals surface area (Å²) in [5.41, 5.74) is -0.363. The van der Waals surface area contributed by atoms with Crippen molar-refractivity contribution < 1.29 is 13.6 Å². The molecule has 0 aromatic carbocycles. The third-order valence-electron chi connectivity index (χ3n) is 2.84. The van der Waals surface area contributed by atoms with Gasteiger partial charge in [0, 0.05) is 14.1 Å². The molecular formula is C11H14F2N6O. The molecule has 1 amide bonds. The molecule has 1 atom stereocenters. The summed E-state index contributed by atoms with van der Waals surface area (Å²) in [7, 11) is 3.14. The Morgan fingerprint density at radius 3 is 2.55 bits per heavy atom. The minimum absolute atomic E-state index is 0.0642. The molecule has 0 fully saturated rings.